The van der Waals surface area contributed by atoms with Crippen molar-refractivity contribution >= 4 is 11.4 Å². The van der Waals surface area contributed by atoms with Crippen LogP contribution in [-0.2, 0) is 0 Å². The van der Waals surface area contributed by atoms with Gasteiger partial charge >= 0.3 is 0 Å². The SMILES string of the molecule is c1cc(N2CCCC2)ccc1NC1CCNCC1. The van der Waals surface area contributed by atoms with Gasteiger partial charge in [-0.05, 0) is 63.0 Å². The number of nitrogens with one attached hydrogen (secondary N) is 2. The van der Waals surface area contributed by atoms with Gasteiger partial charge in [0.05, 0.1) is 0 Å². The van der Waals surface area contributed by atoms with Crippen LogP contribution in [0.25, 0.3) is 0 Å². The Kier molecular flexibility index (Phi) is 3.69. The second kappa shape index (κ2) is 5.61. The summed E-state index contributed by atoms with van der Waals surface area (Å²) < 4.78 is 0. The summed E-state index contributed by atoms with van der Waals surface area (Å²) in [4.78, 5) is 2.48. The second-order valence-electron chi connectivity index (χ2n) is 5.41. The molecule has 18 heavy (non-hydrogen) atoms. The molecule has 0 aliphatic carbocycles. The summed E-state index contributed by atoms with van der Waals surface area (Å²) in [5.74, 6) is 0. The summed E-state index contributed by atoms with van der Waals surface area (Å²) in [6, 6.07) is 9.62. The molecule has 2 N–H and O–H groups in total. The minimum Gasteiger partial charge on any atom is -0.382 e. The number of rotatable bonds is 3. The van der Waals surface area contributed by atoms with Gasteiger partial charge < -0.3 is 15.5 Å². The molecule has 1 aromatic carbocycles. The number of piperidine rings is 1. The molecule has 2 fully saturated rings. The van der Waals surface area contributed by atoms with E-state index in [0.29, 0.717) is 6.04 Å². The van der Waals surface area contributed by atoms with E-state index in [9.17, 15) is 0 Å². The van der Waals surface area contributed by atoms with Crippen LogP contribution in [-0.4, -0.2) is 32.2 Å². The Morgan fingerprint density at radius 1 is 1.00 bits per heavy atom. The van der Waals surface area contributed by atoms with E-state index in [2.05, 4.69) is 39.8 Å². The van der Waals surface area contributed by atoms with E-state index in [1.54, 1.807) is 0 Å². The van der Waals surface area contributed by atoms with E-state index in [-0.39, 0.29) is 0 Å². The normalized spacial score (nSPS) is 21.2. The minimum absolute atomic E-state index is 0.642. The zero-order chi connectivity index (χ0) is 12.2. The summed E-state index contributed by atoms with van der Waals surface area (Å²) >= 11 is 0. The molecule has 98 valence electrons. The first-order valence-electron chi connectivity index (χ1n) is 7.24. The average Bonchev–Trinajstić information content (AvgIpc) is 2.95. The molecule has 0 saturated carbocycles. The second-order valence-corrected chi connectivity index (χ2v) is 5.41. The molecule has 2 heterocycles. The van der Waals surface area contributed by atoms with Crippen LogP contribution in [0.2, 0.25) is 0 Å². The highest BCUT2D eigenvalue weighted by Crippen LogP contribution is 2.23. The fourth-order valence-corrected chi connectivity index (χ4v) is 2.95. The summed E-state index contributed by atoms with van der Waals surface area (Å²) in [5.41, 5.74) is 2.65. The molecule has 2 aliphatic rings. The van der Waals surface area contributed by atoms with Gasteiger partial charge in [0.25, 0.3) is 0 Å². The lowest BCUT2D eigenvalue weighted by molar-refractivity contribution is 0.479. The lowest BCUT2D eigenvalue weighted by atomic mass is 10.1. The Morgan fingerprint density at radius 3 is 2.33 bits per heavy atom. The number of benzene rings is 1. The molecular formula is C15H23N3. The van der Waals surface area contributed by atoms with Crippen LogP contribution in [0.5, 0.6) is 0 Å². The quantitative estimate of drug-likeness (QED) is 0.856. The Labute approximate surface area is 110 Å². The lowest BCUT2D eigenvalue weighted by Gasteiger charge is -2.25. The van der Waals surface area contributed by atoms with Crippen LogP contribution in [0, 0.1) is 0 Å². The van der Waals surface area contributed by atoms with Crippen LogP contribution in [0.1, 0.15) is 25.7 Å². The molecule has 2 aliphatic heterocycles. The van der Waals surface area contributed by atoms with Crippen LogP contribution in [0.15, 0.2) is 24.3 Å². The standard InChI is InChI=1S/C15H23N3/c1-2-12-18(11-1)15-5-3-13(4-6-15)17-14-7-9-16-10-8-14/h3-6,14,16-17H,1-2,7-12H2. The van der Waals surface area contributed by atoms with Gasteiger partial charge in [-0.3, -0.25) is 0 Å². The first-order chi connectivity index (χ1) is 8.92. The first-order valence-corrected chi connectivity index (χ1v) is 7.24. The Bertz CT molecular complexity index is 362. The van der Waals surface area contributed by atoms with Gasteiger partial charge in [-0.1, -0.05) is 0 Å². The van der Waals surface area contributed by atoms with Crippen LogP contribution >= 0.6 is 0 Å². The maximum atomic E-state index is 3.64. The smallest absolute Gasteiger partial charge is 0.0367 e. The molecule has 0 amide bonds. The largest absolute Gasteiger partial charge is 0.382 e. The summed E-state index contributed by atoms with van der Waals surface area (Å²) in [7, 11) is 0. The number of anilines is 2. The topological polar surface area (TPSA) is 27.3 Å². The van der Waals surface area contributed by atoms with E-state index in [4.69, 9.17) is 0 Å². The molecule has 0 atom stereocenters. The van der Waals surface area contributed by atoms with E-state index in [0.717, 1.165) is 13.1 Å². The van der Waals surface area contributed by atoms with Crippen molar-refractivity contribution < 1.29 is 0 Å². The molecular weight excluding hydrogens is 222 g/mol. The third kappa shape index (κ3) is 2.78. The van der Waals surface area contributed by atoms with E-state index in [1.165, 1.54) is 50.1 Å². The van der Waals surface area contributed by atoms with Crippen LogP contribution in [0.3, 0.4) is 0 Å². The van der Waals surface area contributed by atoms with E-state index < -0.39 is 0 Å². The van der Waals surface area contributed by atoms with Crippen molar-refractivity contribution in [1.82, 2.24) is 5.32 Å². The van der Waals surface area contributed by atoms with Gasteiger partial charge in [-0.15, -0.1) is 0 Å². The molecule has 0 bridgehead atoms. The highest BCUT2D eigenvalue weighted by molar-refractivity contribution is 5.55. The van der Waals surface area contributed by atoms with Gasteiger partial charge in [0.2, 0.25) is 0 Å². The third-order valence-corrected chi connectivity index (χ3v) is 4.05. The molecule has 0 aromatic heterocycles. The number of nitrogens with zero attached hydrogens (tertiary/aromatic N) is 1. The maximum Gasteiger partial charge on any atom is 0.0367 e. The minimum atomic E-state index is 0.642. The van der Waals surface area contributed by atoms with Crippen molar-refractivity contribution in [2.75, 3.05) is 36.4 Å². The zero-order valence-electron chi connectivity index (χ0n) is 11.0. The van der Waals surface area contributed by atoms with Gasteiger partial charge in [0, 0.05) is 30.5 Å². The molecule has 3 heteroatoms. The molecule has 1 aromatic rings. The predicted molar refractivity (Wildman–Crippen MR) is 77.4 cm³/mol. The molecule has 0 unspecified atom stereocenters. The summed E-state index contributed by atoms with van der Waals surface area (Å²) in [5, 5.41) is 7.04. The lowest BCUT2D eigenvalue weighted by Crippen LogP contribution is -2.35. The van der Waals surface area contributed by atoms with Gasteiger partial charge in [-0.2, -0.15) is 0 Å². The average molecular weight is 245 g/mol. The van der Waals surface area contributed by atoms with Crippen LogP contribution in [0.4, 0.5) is 11.4 Å². The van der Waals surface area contributed by atoms with Crippen molar-refractivity contribution in [3.63, 3.8) is 0 Å². The zero-order valence-corrected chi connectivity index (χ0v) is 11.0. The van der Waals surface area contributed by atoms with Crippen LogP contribution < -0.4 is 15.5 Å². The first kappa shape index (κ1) is 11.8. The highest BCUT2D eigenvalue weighted by atomic mass is 15.1. The predicted octanol–water partition coefficient (Wildman–Crippen LogP) is 2.45. The third-order valence-electron chi connectivity index (χ3n) is 4.05. The monoisotopic (exact) mass is 245 g/mol. The number of hydrogen-bond acceptors (Lipinski definition) is 3. The maximum absolute atomic E-state index is 3.64. The summed E-state index contributed by atoms with van der Waals surface area (Å²) in [6.45, 7) is 4.73. The van der Waals surface area contributed by atoms with Crippen molar-refractivity contribution in [2.24, 2.45) is 0 Å². The van der Waals surface area contributed by atoms with Crippen molar-refractivity contribution in [3.05, 3.63) is 24.3 Å². The summed E-state index contributed by atoms with van der Waals surface area (Å²) in [6.07, 6.45) is 5.14. The fourth-order valence-electron chi connectivity index (χ4n) is 2.95. The Balaban J connectivity index is 1.59. The highest BCUT2D eigenvalue weighted by Gasteiger charge is 2.14. The van der Waals surface area contributed by atoms with Crippen molar-refractivity contribution in [1.29, 1.82) is 0 Å². The Morgan fingerprint density at radius 2 is 1.67 bits per heavy atom. The van der Waals surface area contributed by atoms with Crippen molar-refractivity contribution in [2.45, 2.75) is 31.7 Å². The van der Waals surface area contributed by atoms with Crippen molar-refractivity contribution in [3.8, 4) is 0 Å². The fraction of sp³-hybridized carbons (Fsp3) is 0.600. The molecule has 2 saturated heterocycles. The van der Waals surface area contributed by atoms with Gasteiger partial charge in [0.15, 0.2) is 0 Å². The number of hydrogen-bond donors (Lipinski definition) is 2. The molecule has 3 rings (SSSR count). The molecule has 0 spiro atoms. The van der Waals surface area contributed by atoms with Gasteiger partial charge in [0.1, 0.15) is 0 Å². The van der Waals surface area contributed by atoms with E-state index in [1.807, 2.05) is 0 Å². The van der Waals surface area contributed by atoms with Gasteiger partial charge in [-0.25, -0.2) is 0 Å². The Hall–Kier alpha value is -1.22. The molecule has 3 nitrogen and oxygen atoms in total. The molecule has 0 radical (unpaired) electrons. The van der Waals surface area contributed by atoms with E-state index >= 15 is 0 Å².